The number of rotatable bonds is 6. The molecule has 3 heterocycles. The fraction of sp³-hybridized carbons (Fsp3) is 0.300. The highest BCUT2D eigenvalue weighted by Gasteiger charge is 2.27. The number of thiophene rings is 1. The van der Waals surface area contributed by atoms with Crippen LogP contribution in [-0.4, -0.2) is 39.9 Å². The first kappa shape index (κ1) is 19.3. The fourth-order valence-corrected chi connectivity index (χ4v) is 4.04. The molecule has 150 valence electrons. The first-order chi connectivity index (χ1) is 14.1. The van der Waals surface area contributed by atoms with Gasteiger partial charge >= 0.3 is 0 Å². The molecule has 3 aromatic rings. The second-order valence-corrected chi connectivity index (χ2v) is 7.94. The number of hydrogen-bond acceptors (Lipinski definition) is 7. The predicted molar refractivity (Wildman–Crippen MR) is 109 cm³/mol. The number of carbonyl (C=O) groups is 2. The van der Waals surface area contributed by atoms with Gasteiger partial charge in [-0.15, -0.1) is 11.3 Å². The van der Waals surface area contributed by atoms with Crippen molar-refractivity contribution in [3.05, 3.63) is 53.2 Å². The van der Waals surface area contributed by atoms with Gasteiger partial charge in [0.15, 0.2) is 0 Å². The molecule has 1 aliphatic rings. The Balaban J connectivity index is 1.34. The molecule has 2 aromatic heterocycles. The molecule has 0 saturated carbocycles. The molecule has 29 heavy (non-hydrogen) atoms. The maximum atomic E-state index is 12.7. The van der Waals surface area contributed by atoms with Crippen LogP contribution in [0.15, 0.2) is 46.3 Å². The highest BCUT2D eigenvalue weighted by molar-refractivity contribution is 7.13. The molecule has 1 fully saturated rings. The first-order valence-electron chi connectivity index (χ1n) is 9.38. The van der Waals surface area contributed by atoms with Gasteiger partial charge in [0, 0.05) is 17.8 Å². The molecule has 1 aromatic carbocycles. The van der Waals surface area contributed by atoms with E-state index in [2.05, 4.69) is 20.4 Å². The van der Waals surface area contributed by atoms with E-state index in [4.69, 9.17) is 10.3 Å². The number of amides is 2. The van der Waals surface area contributed by atoms with E-state index in [1.165, 1.54) is 0 Å². The summed E-state index contributed by atoms with van der Waals surface area (Å²) in [6.07, 6.45) is 1.75. The van der Waals surface area contributed by atoms with E-state index < -0.39 is 5.91 Å². The number of likely N-dealkylation sites (tertiary alicyclic amines) is 1. The molecule has 9 heteroatoms. The predicted octanol–water partition coefficient (Wildman–Crippen LogP) is 2.75. The van der Waals surface area contributed by atoms with Gasteiger partial charge in [0.05, 0.1) is 17.3 Å². The van der Waals surface area contributed by atoms with Crippen molar-refractivity contribution in [2.24, 2.45) is 11.7 Å². The summed E-state index contributed by atoms with van der Waals surface area (Å²) in [5, 5.41) is 8.93. The van der Waals surface area contributed by atoms with E-state index in [-0.39, 0.29) is 11.8 Å². The standard InChI is InChI=1S/C20H21N5O3S/c21-18(26)13-5-7-15(8-6-13)22-20(27)14-3-1-9-25(11-14)12-17-23-19(24-28-17)16-4-2-10-29-16/h2,4-8,10,14H,1,3,9,11-12H2,(H2,21,26)(H,22,27). The SMILES string of the molecule is NC(=O)c1ccc(NC(=O)C2CCCN(Cc3nc(-c4cccs4)no3)C2)cc1. The molecule has 1 atom stereocenters. The number of aromatic nitrogens is 2. The minimum Gasteiger partial charge on any atom is -0.366 e. The van der Waals surface area contributed by atoms with E-state index in [0.29, 0.717) is 36.1 Å². The van der Waals surface area contributed by atoms with Gasteiger partial charge in [0.1, 0.15) is 0 Å². The largest absolute Gasteiger partial charge is 0.366 e. The number of nitrogens with two attached hydrogens (primary N) is 1. The van der Waals surface area contributed by atoms with E-state index in [1.807, 2.05) is 17.5 Å². The summed E-state index contributed by atoms with van der Waals surface area (Å²) in [6, 6.07) is 10.5. The summed E-state index contributed by atoms with van der Waals surface area (Å²) in [4.78, 5) is 31.4. The lowest BCUT2D eigenvalue weighted by molar-refractivity contribution is -0.121. The van der Waals surface area contributed by atoms with E-state index in [0.717, 1.165) is 24.3 Å². The minimum atomic E-state index is -0.492. The van der Waals surface area contributed by atoms with Crippen LogP contribution >= 0.6 is 11.3 Å². The van der Waals surface area contributed by atoms with Crippen molar-refractivity contribution < 1.29 is 14.1 Å². The Hall–Kier alpha value is -3.04. The number of carbonyl (C=O) groups excluding carboxylic acids is 2. The number of nitrogens with zero attached hydrogens (tertiary/aromatic N) is 3. The highest BCUT2D eigenvalue weighted by Crippen LogP contribution is 2.23. The number of primary amides is 1. The van der Waals surface area contributed by atoms with Crippen LogP contribution in [0.1, 0.15) is 29.1 Å². The van der Waals surface area contributed by atoms with Crippen LogP contribution in [0, 0.1) is 5.92 Å². The maximum Gasteiger partial charge on any atom is 0.248 e. The summed E-state index contributed by atoms with van der Waals surface area (Å²) < 4.78 is 5.38. The smallest absolute Gasteiger partial charge is 0.248 e. The van der Waals surface area contributed by atoms with Gasteiger partial charge in [-0.05, 0) is 55.1 Å². The molecule has 1 unspecified atom stereocenters. The lowest BCUT2D eigenvalue weighted by Gasteiger charge is -2.30. The van der Waals surface area contributed by atoms with Gasteiger partial charge < -0.3 is 15.6 Å². The molecular weight excluding hydrogens is 390 g/mol. The summed E-state index contributed by atoms with van der Waals surface area (Å²) in [6.45, 7) is 2.03. The molecule has 0 radical (unpaired) electrons. The molecule has 2 amide bonds. The monoisotopic (exact) mass is 411 g/mol. The van der Waals surface area contributed by atoms with Crippen molar-refractivity contribution >= 4 is 28.8 Å². The Morgan fingerprint density at radius 2 is 2.10 bits per heavy atom. The van der Waals surface area contributed by atoms with Gasteiger partial charge in [0.2, 0.25) is 23.5 Å². The topological polar surface area (TPSA) is 114 Å². The summed E-state index contributed by atoms with van der Waals surface area (Å²) in [7, 11) is 0. The zero-order valence-corrected chi connectivity index (χ0v) is 16.5. The lowest BCUT2D eigenvalue weighted by atomic mass is 9.97. The molecular formula is C20H21N5O3S. The van der Waals surface area contributed by atoms with E-state index in [9.17, 15) is 9.59 Å². The molecule has 1 aliphatic heterocycles. The van der Waals surface area contributed by atoms with Crippen LogP contribution in [0.3, 0.4) is 0 Å². The van der Waals surface area contributed by atoms with Crippen LogP contribution in [0.2, 0.25) is 0 Å². The fourth-order valence-electron chi connectivity index (χ4n) is 3.39. The van der Waals surface area contributed by atoms with Crippen molar-refractivity contribution in [1.29, 1.82) is 0 Å². The van der Waals surface area contributed by atoms with Gasteiger partial charge in [-0.25, -0.2) is 0 Å². The minimum absolute atomic E-state index is 0.0358. The molecule has 0 bridgehead atoms. The Morgan fingerprint density at radius 1 is 1.28 bits per heavy atom. The molecule has 4 rings (SSSR count). The zero-order valence-electron chi connectivity index (χ0n) is 15.7. The highest BCUT2D eigenvalue weighted by atomic mass is 32.1. The molecule has 8 nitrogen and oxygen atoms in total. The van der Waals surface area contributed by atoms with Crippen LogP contribution in [0.25, 0.3) is 10.7 Å². The third-order valence-electron chi connectivity index (χ3n) is 4.88. The van der Waals surface area contributed by atoms with Gasteiger partial charge in [-0.1, -0.05) is 11.2 Å². The van der Waals surface area contributed by atoms with Crippen LogP contribution in [0.4, 0.5) is 5.69 Å². The molecule has 0 spiro atoms. The zero-order chi connectivity index (χ0) is 20.2. The third-order valence-corrected chi connectivity index (χ3v) is 5.75. The van der Waals surface area contributed by atoms with Crippen LogP contribution in [-0.2, 0) is 11.3 Å². The summed E-state index contributed by atoms with van der Waals surface area (Å²) in [5.41, 5.74) is 6.30. The Morgan fingerprint density at radius 3 is 2.83 bits per heavy atom. The number of anilines is 1. The first-order valence-corrected chi connectivity index (χ1v) is 10.3. The van der Waals surface area contributed by atoms with Crippen molar-refractivity contribution in [2.45, 2.75) is 19.4 Å². The Labute approximate surface area is 171 Å². The number of hydrogen-bond donors (Lipinski definition) is 2. The molecule has 1 saturated heterocycles. The molecule has 0 aliphatic carbocycles. The van der Waals surface area contributed by atoms with E-state index in [1.54, 1.807) is 35.6 Å². The van der Waals surface area contributed by atoms with Gasteiger partial charge in [-0.3, -0.25) is 14.5 Å². The normalized spacial score (nSPS) is 17.2. The average Bonchev–Trinajstić information content (AvgIpc) is 3.40. The van der Waals surface area contributed by atoms with Gasteiger partial charge in [-0.2, -0.15) is 4.98 Å². The van der Waals surface area contributed by atoms with Crippen LogP contribution < -0.4 is 11.1 Å². The van der Waals surface area contributed by atoms with Crippen molar-refractivity contribution in [1.82, 2.24) is 15.0 Å². The average molecular weight is 411 g/mol. The number of benzene rings is 1. The Bertz CT molecular complexity index is 984. The second-order valence-electron chi connectivity index (χ2n) is 6.99. The summed E-state index contributed by atoms with van der Waals surface area (Å²) >= 11 is 1.57. The second kappa shape index (κ2) is 8.54. The maximum absolute atomic E-state index is 12.7. The van der Waals surface area contributed by atoms with Crippen molar-refractivity contribution in [3.63, 3.8) is 0 Å². The van der Waals surface area contributed by atoms with Crippen molar-refractivity contribution in [3.8, 4) is 10.7 Å². The van der Waals surface area contributed by atoms with Crippen LogP contribution in [0.5, 0.6) is 0 Å². The van der Waals surface area contributed by atoms with Gasteiger partial charge in [0.25, 0.3) is 0 Å². The lowest BCUT2D eigenvalue weighted by Crippen LogP contribution is -2.40. The molecule has 3 N–H and O–H groups in total. The summed E-state index contributed by atoms with van der Waals surface area (Å²) in [5.74, 6) is 0.497. The number of nitrogens with one attached hydrogen (secondary N) is 1. The van der Waals surface area contributed by atoms with E-state index >= 15 is 0 Å². The Kier molecular flexibility index (Phi) is 5.68. The van der Waals surface area contributed by atoms with Crippen molar-refractivity contribution in [2.75, 3.05) is 18.4 Å². The number of piperidine rings is 1. The quantitative estimate of drug-likeness (QED) is 0.645. The third kappa shape index (κ3) is 4.69.